The molecule has 0 heterocycles. The quantitative estimate of drug-likeness (QED) is 0.726. The number of fused-ring (bicyclic) bond motifs is 1. The number of hydrogen-bond donors (Lipinski definition) is 0. The van der Waals surface area contributed by atoms with E-state index in [1.807, 2.05) is 0 Å². The Morgan fingerprint density at radius 1 is 1.20 bits per heavy atom. The summed E-state index contributed by atoms with van der Waals surface area (Å²) in [5.41, 5.74) is 0.250. The first-order valence-electron chi connectivity index (χ1n) is 7.32. The van der Waals surface area contributed by atoms with E-state index in [-0.39, 0.29) is 35.5 Å². The number of hydrogen-bond acceptors (Lipinski definition) is 3. The van der Waals surface area contributed by atoms with E-state index >= 15 is 0 Å². The van der Waals surface area contributed by atoms with Crippen molar-refractivity contribution in [2.75, 3.05) is 0 Å². The Labute approximate surface area is 142 Å². The van der Waals surface area contributed by atoms with Crippen LogP contribution in [0.15, 0.2) is 35.2 Å². The molecule has 3 nitrogen and oxygen atoms in total. The van der Waals surface area contributed by atoms with Crippen molar-refractivity contribution in [2.45, 2.75) is 29.7 Å². The van der Waals surface area contributed by atoms with Crippen molar-refractivity contribution in [3.05, 3.63) is 59.8 Å². The third-order valence-corrected chi connectivity index (χ3v) is 5.37. The summed E-state index contributed by atoms with van der Waals surface area (Å²) in [4.78, 5) is -0.730. The van der Waals surface area contributed by atoms with Gasteiger partial charge in [-0.2, -0.15) is 8.78 Å². The van der Waals surface area contributed by atoms with E-state index in [2.05, 4.69) is 6.92 Å². The molecule has 0 saturated heterocycles. The molecule has 2 aromatic carbocycles. The van der Waals surface area contributed by atoms with Crippen LogP contribution in [0.4, 0.5) is 17.6 Å². The first kappa shape index (κ1) is 17.7. The zero-order valence-electron chi connectivity index (χ0n) is 12.8. The highest BCUT2D eigenvalue weighted by Crippen LogP contribution is 2.45. The zero-order valence-corrected chi connectivity index (χ0v) is 13.6. The summed E-state index contributed by atoms with van der Waals surface area (Å²) in [6, 6.07) is 5.80. The molecule has 133 valence electrons. The van der Waals surface area contributed by atoms with Crippen molar-refractivity contribution in [2.24, 2.45) is 0 Å². The van der Waals surface area contributed by atoms with Gasteiger partial charge in [-0.1, -0.05) is 0 Å². The summed E-state index contributed by atoms with van der Waals surface area (Å²) >= 11 is 0. The molecule has 0 fully saturated rings. The third-order valence-electron chi connectivity index (χ3n) is 3.94. The monoisotopic (exact) mass is 373 g/mol. The van der Waals surface area contributed by atoms with E-state index in [1.165, 1.54) is 18.2 Å². The molecular weight excluding hydrogens is 360 g/mol. The van der Waals surface area contributed by atoms with Crippen molar-refractivity contribution in [3.8, 4) is 11.5 Å². The summed E-state index contributed by atoms with van der Waals surface area (Å²) in [6.07, 6.45) is -1.59. The summed E-state index contributed by atoms with van der Waals surface area (Å²) in [5.74, 6) is -4.03. The lowest BCUT2D eigenvalue weighted by atomic mass is 10.1. The van der Waals surface area contributed by atoms with E-state index < -0.39 is 32.5 Å². The predicted molar refractivity (Wildman–Crippen MR) is 82.7 cm³/mol. The molecule has 0 bridgehead atoms. The van der Waals surface area contributed by atoms with Crippen molar-refractivity contribution in [1.29, 1.82) is 0 Å². The van der Waals surface area contributed by atoms with E-state index in [9.17, 15) is 26.0 Å². The molecule has 1 aliphatic rings. The zero-order chi connectivity index (χ0) is 18.4. The molecule has 8 heteroatoms. The van der Waals surface area contributed by atoms with Gasteiger partial charge in [0.25, 0.3) is 0 Å². The Hall–Kier alpha value is -2.09. The fourth-order valence-corrected chi connectivity index (χ4v) is 3.89. The van der Waals surface area contributed by atoms with E-state index in [0.29, 0.717) is 5.56 Å². The minimum absolute atomic E-state index is 0.0365. The lowest BCUT2D eigenvalue weighted by Crippen LogP contribution is -2.14. The Balaban J connectivity index is 2.09. The second-order valence-corrected chi connectivity index (χ2v) is 7.55. The maximum atomic E-state index is 14.2. The third kappa shape index (κ3) is 3.22. The smallest absolute Gasteiger partial charge is 0.341 e. The summed E-state index contributed by atoms with van der Waals surface area (Å²) in [7, 11) is -4.94. The Morgan fingerprint density at radius 2 is 1.92 bits per heavy atom. The van der Waals surface area contributed by atoms with Crippen LogP contribution in [0.25, 0.3) is 0 Å². The summed E-state index contributed by atoms with van der Waals surface area (Å²) in [5, 5.41) is 0. The number of ether oxygens (including phenoxy) is 1. The van der Waals surface area contributed by atoms with Gasteiger partial charge in [0.05, 0.1) is 4.90 Å². The van der Waals surface area contributed by atoms with Crippen LogP contribution in [0.3, 0.4) is 0 Å². The predicted octanol–water partition coefficient (Wildman–Crippen LogP) is 4.75. The van der Waals surface area contributed by atoms with Crippen molar-refractivity contribution in [1.82, 2.24) is 0 Å². The van der Waals surface area contributed by atoms with Gasteiger partial charge in [0.2, 0.25) is 9.84 Å². The van der Waals surface area contributed by atoms with Gasteiger partial charge < -0.3 is 4.74 Å². The molecule has 0 saturated carbocycles. The lowest BCUT2D eigenvalue weighted by molar-refractivity contribution is 0.234. The van der Waals surface area contributed by atoms with Crippen LogP contribution in [0.2, 0.25) is 0 Å². The van der Waals surface area contributed by atoms with Crippen LogP contribution in [0.5, 0.6) is 11.5 Å². The Bertz CT molecular complexity index is 905. The molecule has 0 spiro atoms. The first-order valence-corrected chi connectivity index (χ1v) is 8.87. The largest absolute Gasteiger partial charge is 0.457 e. The van der Waals surface area contributed by atoms with E-state index in [1.54, 1.807) is 0 Å². The molecule has 1 unspecified atom stereocenters. The number of rotatable bonds is 4. The maximum Gasteiger partial charge on any atom is 0.341 e. The Kier molecular flexibility index (Phi) is 4.49. The molecule has 1 atom stereocenters. The molecule has 0 aliphatic heterocycles. The average molecular weight is 373 g/mol. The SMILES string of the molecule is [CH2]c1cc(F)cc(Oc2ccc(S(=O)(=O)C(F)F)c3c2CCC3F)c1. The molecule has 0 N–H and O–H groups in total. The highest BCUT2D eigenvalue weighted by molar-refractivity contribution is 7.91. The summed E-state index contributed by atoms with van der Waals surface area (Å²) in [6.45, 7) is 3.59. The molecule has 0 aromatic heterocycles. The molecule has 25 heavy (non-hydrogen) atoms. The molecular formula is C17H13F4O3S. The normalized spacial score (nSPS) is 17.0. The van der Waals surface area contributed by atoms with E-state index in [0.717, 1.165) is 12.1 Å². The van der Waals surface area contributed by atoms with Crippen LogP contribution in [-0.4, -0.2) is 14.2 Å². The Morgan fingerprint density at radius 3 is 2.56 bits per heavy atom. The standard InChI is InChI=1S/C17H13F4O3S/c1-9-6-10(18)8-11(7-9)24-14-4-5-15(25(22,23)17(20)21)16-12(14)2-3-13(16)19/h4-8,13,17H,1-3H2. The molecule has 3 rings (SSSR count). The van der Waals surface area contributed by atoms with Gasteiger partial charge in [-0.15, -0.1) is 0 Å². The first-order chi connectivity index (χ1) is 11.7. The number of alkyl halides is 3. The lowest BCUT2D eigenvalue weighted by Gasteiger charge is -2.15. The summed E-state index contributed by atoms with van der Waals surface area (Å²) < 4.78 is 82.4. The minimum atomic E-state index is -4.94. The molecule has 0 amide bonds. The van der Waals surface area contributed by atoms with Crippen LogP contribution in [-0.2, 0) is 16.3 Å². The highest BCUT2D eigenvalue weighted by atomic mass is 32.2. The molecule has 1 radical (unpaired) electrons. The fraction of sp³-hybridized carbons (Fsp3) is 0.235. The number of halogens is 4. The maximum absolute atomic E-state index is 14.2. The average Bonchev–Trinajstić information content (AvgIpc) is 2.89. The van der Waals surface area contributed by atoms with Crippen LogP contribution in [0, 0.1) is 12.7 Å². The second-order valence-electron chi connectivity index (χ2n) is 5.66. The minimum Gasteiger partial charge on any atom is -0.457 e. The van der Waals surface area contributed by atoms with Gasteiger partial charge in [-0.05, 0) is 49.6 Å². The van der Waals surface area contributed by atoms with Crippen LogP contribution >= 0.6 is 0 Å². The van der Waals surface area contributed by atoms with Gasteiger partial charge in [-0.25, -0.2) is 17.2 Å². The molecule has 1 aliphatic carbocycles. The number of benzene rings is 2. The number of sulfone groups is 1. The fourth-order valence-electron chi connectivity index (χ4n) is 2.89. The van der Waals surface area contributed by atoms with Crippen LogP contribution in [0.1, 0.15) is 29.3 Å². The van der Waals surface area contributed by atoms with Gasteiger partial charge in [0, 0.05) is 17.2 Å². The van der Waals surface area contributed by atoms with Gasteiger partial charge in [-0.3, -0.25) is 0 Å². The second kappa shape index (κ2) is 6.33. The van der Waals surface area contributed by atoms with Crippen LogP contribution < -0.4 is 4.74 Å². The van der Waals surface area contributed by atoms with Crippen molar-refractivity contribution < 1.29 is 30.7 Å². The van der Waals surface area contributed by atoms with Gasteiger partial charge in [0.15, 0.2) is 0 Å². The van der Waals surface area contributed by atoms with Gasteiger partial charge in [0.1, 0.15) is 23.5 Å². The topological polar surface area (TPSA) is 43.4 Å². The highest BCUT2D eigenvalue weighted by Gasteiger charge is 2.37. The van der Waals surface area contributed by atoms with Crippen molar-refractivity contribution in [3.63, 3.8) is 0 Å². The molecule has 2 aromatic rings. The van der Waals surface area contributed by atoms with Crippen molar-refractivity contribution >= 4 is 9.84 Å². The van der Waals surface area contributed by atoms with E-state index in [4.69, 9.17) is 4.74 Å². The van der Waals surface area contributed by atoms with Gasteiger partial charge >= 0.3 is 5.76 Å².